The van der Waals surface area contributed by atoms with Crippen LogP contribution in [0.4, 0.5) is 0 Å². The monoisotopic (exact) mass is 450 g/mol. The number of aliphatic hydroxyl groups excluding tert-OH is 1. The average Bonchev–Trinajstić information content (AvgIpc) is 2.95. The highest BCUT2D eigenvalue weighted by molar-refractivity contribution is 6.74. The first-order valence-corrected chi connectivity index (χ1v) is 16.0. The zero-order valence-corrected chi connectivity index (χ0v) is 22.8. The van der Waals surface area contributed by atoms with Crippen LogP contribution in [0.5, 0.6) is 0 Å². The lowest BCUT2D eigenvalue weighted by atomic mass is 9.43. The van der Waals surface area contributed by atoms with E-state index in [1.165, 1.54) is 32.1 Å². The lowest BCUT2D eigenvalue weighted by molar-refractivity contribution is -0.196. The topological polar surface area (TPSA) is 38.7 Å². The van der Waals surface area contributed by atoms with E-state index in [9.17, 15) is 5.11 Å². The fraction of sp³-hybridized carbons (Fsp3) is 1.00. The second-order valence-corrected chi connectivity index (χ2v) is 18.7. The van der Waals surface area contributed by atoms with Gasteiger partial charge in [0, 0.05) is 13.2 Å². The fourth-order valence-electron chi connectivity index (χ4n) is 8.59. The minimum Gasteiger partial charge on any atom is -0.414 e. The van der Waals surface area contributed by atoms with Gasteiger partial charge in [0.2, 0.25) is 0 Å². The summed E-state index contributed by atoms with van der Waals surface area (Å²) in [5.41, 5.74) is 0.393. The van der Waals surface area contributed by atoms with Crippen molar-refractivity contribution >= 4 is 8.32 Å². The molecular weight excluding hydrogens is 400 g/mol. The minimum atomic E-state index is -1.76. The Bertz CT molecular complexity index is 672. The fourth-order valence-corrected chi connectivity index (χ4v) is 10.0. The van der Waals surface area contributed by atoms with Crippen LogP contribution in [-0.2, 0) is 9.16 Å². The highest BCUT2D eigenvalue weighted by Gasteiger charge is 2.64. The standard InChI is InChI=1S/C27H50O3Si/c1-17-15-26(5)18(14-21(17)30-31(8,9)25(2,3)4)10-11-19-20-12-13-23(28)27(20,6)16-22(29-7)24(19)26/h17-24,28H,10-16H2,1-9H3/t17-,18+,19+,20+,21?,22+,23+,24-,26+,27+/m1/s1. The van der Waals surface area contributed by atoms with E-state index in [0.29, 0.717) is 35.2 Å². The number of aliphatic hydroxyl groups is 1. The second kappa shape index (κ2) is 7.82. The van der Waals surface area contributed by atoms with Crippen molar-refractivity contribution in [3.8, 4) is 0 Å². The summed E-state index contributed by atoms with van der Waals surface area (Å²) in [6, 6.07) is 0. The molecule has 0 aromatic heterocycles. The van der Waals surface area contributed by atoms with Crippen LogP contribution in [0.2, 0.25) is 18.1 Å². The number of ether oxygens (including phenoxy) is 1. The van der Waals surface area contributed by atoms with Crippen molar-refractivity contribution in [2.45, 2.75) is 123 Å². The van der Waals surface area contributed by atoms with Gasteiger partial charge in [-0.05, 0) is 103 Å². The molecule has 0 aromatic carbocycles. The van der Waals surface area contributed by atoms with Crippen molar-refractivity contribution in [3.63, 3.8) is 0 Å². The molecule has 4 rings (SSSR count). The molecule has 0 spiro atoms. The molecule has 0 aromatic rings. The number of methoxy groups -OCH3 is 1. The highest BCUT2D eigenvalue weighted by atomic mass is 28.4. The number of hydrogen-bond acceptors (Lipinski definition) is 3. The third-order valence-corrected chi connectivity index (χ3v) is 15.9. The van der Waals surface area contributed by atoms with Crippen LogP contribution in [-0.4, -0.2) is 38.8 Å². The molecule has 0 aliphatic heterocycles. The quantitative estimate of drug-likeness (QED) is 0.489. The maximum Gasteiger partial charge on any atom is 0.192 e. The molecule has 4 saturated carbocycles. The lowest BCUT2D eigenvalue weighted by Crippen LogP contribution is -2.61. The molecule has 180 valence electrons. The van der Waals surface area contributed by atoms with Crippen molar-refractivity contribution in [3.05, 3.63) is 0 Å². The molecule has 4 aliphatic rings. The Morgan fingerprint density at radius 1 is 0.935 bits per heavy atom. The smallest absolute Gasteiger partial charge is 0.192 e. The Kier molecular flexibility index (Phi) is 6.11. The zero-order chi connectivity index (χ0) is 23.0. The van der Waals surface area contributed by atoms with E-state index in [1.807, 2.05) is 7.11 Å². The minimum absolute atomic E-state index is 0.0549. The van der Waals surface area contributed by atoms with Crippen molar-refractivity contribution in [1.29, 1.82) is 0 Å². The predicted octanol–water partition coefficient (Wildman–Crippen LogP) is 6.65. The van der Waals surface area contributed by atoms with Gasteiger partial charge in [-0.3, -0.25) is 0 Å². The van der Waals surface area contributed by atoms with Gasteiger partial charge in [-0.2, -0.15) is 0 Å². The molecule has 1 unspecified atom stereocenters. The van der Waals surface area contributed by atoms with Crippen LogP contribution >= 0.6 is 0 Å². The molecule has 1 N–H and O–H groups in total. The molecule has 0 amide bonds. The number of hydrogen-bond donors (Lipinski definition) is 1. The Morgan fingerprint density at radius 2 is 1.61 bits per heavy atom. The van der Waals surface area contributed by atoms with Crippen molar-refractivity contribution < 1.29 is 14.3 Å². The first-order chi connectivity index (χ1) is 14.2. The van der Waals surface area contributed by atoms with E-state index in [-0.39, 0.29) is 22.7 Å². The van der Waals surface area contributed by atoms with E-state index in [0.717, 1.165) is 18.8 Å². The molecule has 10 atom stereocenters. The van der Waals surface area contributed by atoms with E-state index < -0.39 is 8.32 Å². The third kappa shape index (κ3) is 3.70. The van der Waals surface area contributed by atoms with Crippen molar-refractivity contribution in [1.82, 2.24) is 0 Å². The van der Waals surface area contributed by atoms with E-state index in [2.05, 4.69) is 54.6 Å². The Labute approximate surface area is 193 Å². The molecule has 0 saturated heterocycles. The molecule has 4 aliphatic carbocycles. The highest BCUT2D eigenvalue weighted by Crippen LogP contribution is 2.67. The third-order valence-electron chi connectivity index (χ3n) is 11.4. The van der Waals surface area contributed by atoms with Gasteiger partial charge in [-0.1, -0.05) is 41.5 Å². The Hall–Kier alpha value is 0.0969. The summed E-state index contributed by atoms with van der Waals surface area (Å²) >= 11 is 0. The maximum atomic E-state index is 10.9. The van der Waals surface area contributed by atoms with Crippen LogP contribution in [0.3, 0.4) is 0 Å². The van der Waals surface area contributed by atoms with E-state index in [4.69, 9.17) is 9.16 Å². The molecule has 0 heterocycles. The predicted molar refractivity (Wildman–Crippen MR) is 131 cm³/mol. The first kappa shape index (κ1) is 24.2. The maximum absolute atomic E-state index is 10.9. The Balaban J connectivity index is 1.59. The van der Waals surface area contributed by atoms with Gasteiger partial charge in [-0.15, -0.1) is 0 Å². The molecule has 4 heteroatoms. The average molecular weight is 451 g/mol. The second-order valence-electron chi connectivity index (χ2n) is 14.0. The molecule has 3 nitrogen and oxygen atoms in total. The van der Waals surface area contributed by atoms with Crippen LogP contribution in [0, 0.1) is 40.4 Å². The summed E-state index contributed by atoms with van der Waals surface area (Å²) in [4.78, 5) is 0. The van der Waals surface area contributed by atoms with Crippen LogP contribution < -0.4 is 0 Å². The first-order valence-electron chi connectivity index (χ1n) is 13.1. The normalized spacial score (nSPS) is 50.5. The number of fused-ring (bicyclic) bond motifs is 5. The summed E-state index contributed by atoms with van der Waals surface area (Å²) < 4.78 is 13.3. The summed E-state index contributed by atoms with van der Waals surface area (Å²) in [5, 5.41) is 11.1. The molecule has 31 heavy (non-hydrogen) atoms. The molecule has 4 fully saturated rings. The SMILES string of the molecule is CO[C@H]1C[C@]2(C)[C@@H](O)CC[C@H]2[C@@H]2CC[C@H]3CC(O[Si](C)(C)C(C)(C)C)[C@H](C)C[C@]3(C)[C@H]21. The van der Waals surface area contributed by atoms with Crippen LogP contribution in [0.25, 0.3) is 0 Å². The molecule has 0 bridgehead atoms. The summed E-state index contributed by atoms with van der Waals surface area (Å²) in [7, 11) is 0.168. The summed E-state index contributed by atoms with van der Waals surface area (Å²) in [6.07, 6.45) is 8.95. The van der Waals surface area contributed by atoms with E-state index >= 15 is 0 Å². The lowest BCUT2D eigenvalue weighted by Gasteiger charge is -2.64. The zero-order valence-electron chi connectivity index (χ0n) is 21.8. The van der Waals surface area contributed by atoms with Crippen LogP contribution in [0.15, 0.2) is 0 Å². The van der Waals surface area contributed by atoms with Crippen molar-refractivity contribution in [2.24, 2.45) is 40.4 Å². The Morgan fingerprint density at radius 3 is 2.23 bits per heavy atom. The van der Waals surface area contributed by atoms with Crippen molar-refractivity contribution in [2.75, 3.05) is 7.11 Å². The van der Waals surface area contributed by atoms with Gasteiger partial charge >= 0.3 is 0 Å². The number of rotatable bonds is 3. The van der Waals surface area contributed by atoms with Gasteiger partial charge in [0.05, 0.1) is 12.2 Å². The summed E-state index contributed by atoms with van der Waals surface area (Å²) in [5.74, 6) is 3.37. The van der Waals surface area contributed by atoms with Gasteiger partial charge in [0.25, 0.3) is 0 Å². The summed E-state index contributed by atoms with van der Waals surface area (Å²) in [6.45, 7) is 19.3. The van der Waals surface area contributed by atoms with Gasteiger partial charge < -0.3 is 14.3 Å². The largest absolute Gasteiger partial charge is 0.414 e. The van der Waals surface area contributed by atoms with Gasteiger partial charge in [0.15, 0.2) is 8.32 Å². The van der Waals surface area contributed by atoms with Gasteiger partial charge in [0.1, 0.15) is 0 Å². The molecule has 0 radical (unpaired) electrons. The van der Waals surface area contributed by atoms with Crippen LogP contribution in [0.1, 0.15) is 86.5 Å². The molecular formula is C27H50O3Si. The van der Waals surface area contributed by atoms with Gasteiger partial charge in [-0.25, -0.2) is 0 Å². The van der Waals surface area contributed by atoms with E-state index in [1.54, 1.807) is 0 Å².